The normalized spacial score (nSPS) is 10.1. The quantitative estimate of drug-likeness (QED) is 0.775. The van der Waals surface area contributed by atoms with Gasteiger partial charge >= 0.3 is 5.97 Å². The third kappa shape index (κ3) is 6.05. The molecular weight excluding hydrogens is 332 g/mol. The molecule has 6 nitrogen and oxygen atoms in total. The van der Waals surface area contributed by atoms with Gasteiger partial charge in [0.2, 0.25) is 0 Å². The van der Waals surface area contributed by atoms with Gasteiger partial charge in [0.25, 0.3) is 11.8 Å². The molecule has 26 heavy (non-hydrogen) atoms. The molecule has 0 aliphatic rings. The summed E-state index contributed by atoms with van der Waals surface area (Å²) in [5.41, 5.74) is 2.10. The fraction of sp³-hybridized carbons (Fsp3) is 0.250. The lowest BCUT2D eigenvalue weighted by molar-refractivity contribution is -0.147. The average Bonchev–Trinajstić information content (AvgIpc) is 2.65. The second-order valence-corrected chi connectivity index (χ2v) is 5.97. The molecular formula is C20H22N2O4. The smallest absolute Gasteiger partial charge is 0.306 e. The predicted molar refractivity (Wildman–Crippen MR) is 98.8 cm³/mol. The number of amides is 2. The minimum Gasteiger partial charge on any atom is -0.456 e. The highest BCUT2D eigenvalue weighted by molar-refractivity contribution is 5.96. The fourth-order valence-electron chi connectivity index (χ4n) is 2.26. The number of nitrogens with zero attached hydrogens (tertiary/aromatic N) is 1. The van der Waals surface area contributed by atoms with E-state index in [0.717, 1.165) is 5.56 Å². The van der Waals surface area contributed by atoms with Crippen LogP contribution >= 0.6 is 0 Å². The van der Waals surface area contributed by atoms with E-state index in [1.807, 2.05) is 30.3 Å². The Morgan fingerprint density at radius 3 is 2.23 bits per heavy atom. The minimum atomic E-state index is -0.426. The van der Waals surface area contributed by atoms with Gasteiger partial charge in [0.05, 0.1) is 0 Å². The Morgan fingerprint density at radius 2 is 1.62 bits per heavy atom. The van der Waals surface area contributed by atoms with Crippen molar-refractivity contribution in [1.29, 1.82) is 0 Å². The summed E-state index contributed by atoms with van der Waals surface area (Å²) in [4.78, 5) is 36.8. The second-order valence-electron chi connectivity index (χ2n) is 5.97. The molecule has 0 heterocycles. The lowest BCUT2D eigenvalue weighted by Crippen LogP contribution is -2.22. The van der Waals surface area contributed by atoms with Crippen LogP contribution in [-0.2, 0) is 20.7 Å². The van der Waals surface area contributed by atoms with Crippen LogP contribution in [0.1, 0.15) is 22.3 Å². The Labute approximate surface area is 152 Å². The number of rotatable bonds is 7. The first-order chi connectivity index (χ1) is 12.5. The maximum atomic E-state index is 11.9. The van der Waals surface area contributed by atoms with E-state index in [1.54, 1.807) is 38.4 Å². The van der Waals surface area contributed by atoms with E-state index >= 15 is 0 Å². The third-order valence-corrected chi connectivity index (χ3v) is 3.65. The van der Waals surface area contributed by atoms with E-state index in [4.69, 9.17) is 4.74 Å². The summed E-state index contributed by atoms with van der Waals surface area (Å²) >= 11 is 0. The van der Waals surface area contributed by atoms with Crippen LogP contribution < -0.4 is 5.32 Å². The summed E-state index contributed by atoms with van der Waals surface area (Å²) in [6.07, 6.45) is 0.793. The zero-order valence-corrected chi connectivity index (χ0v) is 14.9. The van der Waals surface area contributed by atoms with E-state index < -0.39 is 11.9 Å². The van der Waals surface area contributed by atoms with Gasteiger partial charge in [0.15, 0.2) is 6.61 Å². The molecule has 0 bridgehead atoms. The average molecular weight is 354 g/mol. The molecule has 0 aromatic heterocycles. The van der Waals surface area contributed by atoms with Gasteiger partial charge in [-0.15, -0.1) is 0 Å². The molecule has 136 valence electrons. The Morgan fingerprint density at radius 1 is 0.962 bits per heavy atom. The summed E-state index contributed by atoms with van der Waals surface area (Å²) in [7, 11) is 3.34. The molecule has 2 rings (SSSR count). The summed E-state index contributed by atoms with van der Waals surface area (Å²) in [6.45, 7) is -0.341. The predicted octanol–water partition coefficient (Wildman–Crippen LogP) is 2.50. The first kappa shape index (κ1) is 19.2. The highest BCUT2D eigenvalue weighted by Gasteiger charge is 2.10. The van der Waals surface area contributed by atoms with Gasteiger partial charge in [-0.05, 0) is 36.2 Å². The standard InChI is InChI=1S/C20H22N2O4/c1-22(2)20(25)16-9-11-17(12-10-16)21-18(23)14-26-19(24)13-8-15-6-4-3-5-7-15/h3-7,9-12H,8,13-14H2,1-2H3,(H,21,23). The molecule has 6 heteroatoms. The first-order valence-corrected chi connectivity index (χ1v) is 8.27. The van der Waals surface area contributed by atoms with Crippen molar-refractivity contribution in [2.75, 3.05) is 26.0 Å². The van der Waals surface area contributed by atoms with Crippen LogP contribution in [0.15, 0.2) is 54.6 Å². The fourth-order valence-corrected chi connectivity index (χ4v) is 2.26. The van der Waals surface area contributed by atoms with Crippen LogP contribution in [0.3, 0.4) is 0 Å². The van der Waals surface area contributed by atoms with Crippen LogP contribution in [0.2, 0.25) is 0 Å². The van der Waals surface area contributed by atoms with Crippen molar-refractivity contribution in [3.63, 3.8) is 0 Å². The van der Waals surface area contributed by atoms with E-state index in [2.05, 4.69) is 5.32 Å². The molecule has 0 aliphatic carbocycles. The van der Waals surface area contributed by atoms with E-state index in [1.165, 1.54) is 4.90 Å². The van der Waals surface area contributed by atoms with Crippen molar-refractivity contribution in [2.45, 2.75) is 12.8 Å². The summed E-state index contributed by atoms with van der Waals surface area (Å²) in [5, 5.41) is 2.63. The van der Waals surface area contributed by atoms with Crippen LogP contribution in [0.25, 0.3) is 0 Å². The molecule has 1 N–H and O–H groups in total. The number of anilines is 1. The molecule has 2 amide bonds. The van der Waals surface area contributed by atoms with E-state index in [0.29, 0.717) is 17.7 Å². The van der Waals surface area contributed by atoms with Gasteiger partial charge < -0.3 is 15.0 Å². The van der Waals surface area contributed by atoms with Gasteiger partial charge in [-0.1, -0.05) is 30.3 Å². The van der Waals surface area contributed by atoms with Gasteiger partial charge in [-0.3, -0.25) is 14.4 Å². The van der Waals surface area contributed by atoms with Crippen LogP contribution in [0.5, 0.6) is 0 Å². The monoisotopic (exact) mass is 354 g/mol. The van der Waals surface area contributed by atoms with Crippen molar-refractivity contribution >= 4 is 23.5 Å². The Hall–Kier alpha value is -3.15. The zero-order valence-electron chi connectivity index (χ0n) is 14.9. The molecule has 0 radical (unpaired) electrons. The molecule has 2 aromatic rings. The molecule has 0 atom stereocenters. The molecule has 0 unspecified atom stereocenters. The van der Waals surface area contributed by atoms with Crippen LogP contribution in [-0.4, -0.2) is 43.4 Å². The highest BCUT2D eigenvalue weighted by Crippen LogP contribution is 2.11. The number of esters is 1. The topological polar surface area (TPSA) is 75.7 Å². The van der Waals surface area contributed by atoms with Crippen molar-refractivity contribution in [3.05, 3.63) is 65.7 Å². The SMILES string of the molecule is CN(C)C(=O)c1ccc(NC(=O)COC(=O)CCc2ccccc2)cc1. The number of hydrogen-bond acceptors (Lipinski definition) is 4. The number of benzene rings is 2. The summed E-state index contributed by atoms with van der Waals surface area (Å²) in [6, 6.07) is 16.1. The maximum absolute atomic E-state index is 11.9. The Balaban J connectivity index is 1.74. The molecule has 0 aliphatic heterocycles. The number of nitrogens with one attached hydrogen (secondary N) is 1. The lowest BCUT2D eigenvalue weighted by Gasteiger charge is -2.11. The van der Waals surface area contributed by atoms with Crippen molar-refractivity contribution in [3.8, 4) is 0 Å². The summed E-state index contributed by atoms with van der Waals surface area (Å²) < 4.78 is 4.98. The maximum Gasteiger partial charge on any atom is 0.306 e. The van der Waals surface area contributed by atoms with Crippen LogP contribution in [0, 0.1) is 0 Å². The lowest BCUT2D eigenvalue weighted by atomic mass is 10.1. The van der Waals surface area contributed by atoms with Crippen molar-refractivity contribution < 1.29 is 19.1 Å². The number of carbonyl (C=O) groups excluding carboxylic acids is 3. The minimum absolute atomic E-state index is 0.116. The summed E-state index contributed by atoms with van der Waals surface area (Å²) in [5.74, 6) is -0.962. The largest absolute Gasteiger partial charge is 0.456 e. The van der Waals surface area contributed by atoms with Crippen molar-refractivity contribution in [2.24, 2.45) is 0 Å². The van der Waals surface area contributed by atoms with Crippen molar-refractivity contribution in [1.82, 2.24) is 4.90 Å². The number of aryl methyl sites for hydroxylation is 1. The molecule has 0 saturated carbocycles. The van der Waals surface area contributed by atoms with E-state index in [-0.39, 0.29) is 18.9 Å². The van der Waals surface area contributed by atoms with Crippen LogP contribution in [0.4, 0.5) is 5.69 Å². The van der Waals surface area contributed by atoms with Gasteiger partial charge in [-0.2, -0.15) is 0 Å². The first-order valence-electron chi connectivity index (χ1n) is 8.27. The number of hydrogen-bond donors (Lipinski definition) is 1. The van der Waals surface area contributed by atoms with E-state index in [9.17, 15) is 14.4 Å². The molecule has 0 saturated heterocycles. The molecule has 0 fully saturated rings. The van der Waals surface area contributed by atoms with Gasteiger partial charge in [0.1, 0.15) is 0 Å². The molecule has 0 spiro atoms. The molecule has 2 aromatic carbocycles. The highest BCUT2D eigenvalue weighted by atomic mass is 16.5. The Kier molecular flexibility index (Phi) is 6.91. The van der Waals surface area contributed by atoms with Gasteiger partial charge in [0, 0.05) is 31.8 Å². The second kappa shape index (κ2) is 9.36. The Bertz CT molecular complexity index is 755. The van der Waals surface area contributed by atoms with Gasteiger partial charge in [-0.25, -0.2) is 0 Å². The number of ether oxygens (including phenoxy) is 1. The zero-order chi connectivity index (χ0) is 18.9. The number of carbonyl (C=O) groups is 3. The third-order valence-electron chi connectivity index (χ3n) is 3.65.